The van der Waals surface area contributed by atoms with Crippen LogP contribution in [0.25, 0.3) is 0 Å². The van der Waals surface area contributed by atoms with Crippen LogP contribution in [-0.2, 0) is 19.1 Å². The fourth-order valence-electron chi connectivity index (χ4n) is 2.45. The van der Waals surface area contributed by atoms with Crippen molar-refractivity contribution >= 4 is 23.7 Å². The predicted molar refractivity (Wildman–Crippen MR) is 82.8 cm³/mol. The van der Waals surface area contributed by atoms with Gasteiger partial charge in [-0.15, -0.1) is 0 Å². The molecule has 0 aromatic carbocycles. The number of hydrogen-bond donors (Lipinski definition) is 0. The van der Waals surface area contributed by atoms with E-state index in [0.717, 1.165) is 12.8 Å². The SMILES string of the molecule is CC(C)C1N=C(CCCCC2=NC(C(C)C)C(=O)O2)OC1=O. The number of nitrogens with zero attached hydrogens (tertiary/aromatic N) is 2. The highest BCUT2D eigenvalue weighted by atomic mass is 16.6. The van der Waals surface area contributed by atoms with Gasteiger partial charge in [-0.3, -0.25) is 0 Å². The van der Waals surface area contributed by atoms with Crippen molar-refractivity contribution < 1.29 is 19.1 Å². The number of hydrogen-bond acceptors (Lipinski definition) is 6. The summed E-state index contributed by atoms with van der Waals surface area (Å²) >= 11 is 0. The number of unbranched alkanes of at least 4 members (excludes halogenated alkanes) is 1. The average molecular weight is 308 g/mol. The predicted octanol–water partition coefficient (Wildman–Crippen LogP) is 2.51. The second-order valence-corrected chi connectivity index (χ2v) is 6.47. The number of rotatable bonds is 7. The van der Waals surface area contributed by atoms with Gasteiger partial charge in [0.05, 0.1) is 0 Å². The number of esters is 2. The molecular weight excluding hydrogens is 284 g/mol. The average Bonchev–Trinajstić information content (AvgIpc) is 2.98. The molecule has 0 radical (unpaired) electrons. The first kappa shape index (κ1) is 16.6. The molecule has 0 spiro atoms. The lowest BCUT2D eigenvalue weighted by atomic mass is 10.1. The minimum atomic E-state index is -0.359. The molecule has 0 aromatic heterocycles. The van der Waals surface area contributed by atoms with Crippen molar-refractivity contribution in [3.63, 3.8) is 0 Å². The molecule has 2 aliphatic heterocycles. The molecule has 0 N–H and O–H groups in total. The molecule has 0 amide bonds. The second kappa shape index (κ2) is 7.03. The summed E-state index contributed by atoms with van der Waals surface area (Å²) < 4.78 is 10.3. The Morgan fingerprint density at radius 1 is 0.818 bits per heavy atom. The monoisotopic (exact) mass is 308 g/mol. The van der Waals surface area contributed by atoms with Crippen molar-refractivity contribution in [1.29, 1.82) is 0 Å². The van der Waals surface area contributed by atoms with Crippen LogP contribution < -0.4 is 0 Å². The second-order valence-electron chi connectivity index (χ2n) is 6.47. The van der Waals surface area contributed by atoms with Crippen molar-refractivity contribution in [3.05, 3.63) is 0 Å². The number of carbonyl (C=O) groups excluding carboxylic acids is 2. The van der Waals surface area contributed by atoms with Crippen LogP contribution in [0.1, 0.15) is 53.4 Å². The van der Waals surface area contributed by atoms with Gasteiger partial charge >= 0.3 is 11.9 Å². The third-order valence-electron chi connectivity index (χ3n) is 3.78. The van der Waals surface area contributed by atoms with Gasteiger partial charge in [0.25, 0.3) is 0 Å². The maximum absolute atomic E-state index is 11.6. The van der Waals surface area contributed by atoms with Gasteiger partial charge in [0.1, 0.15) is 0 Å². The zero-order valence-corrected chi connectivity index (χ0v) is 13.7. The maximum Gasteiger partial charge on any atom is 0.337 e. The summed E-state index contributed by atoms with van der Waals surface area (Å²) in [5, 5.41) is 0. The van der Waals surface area contributed by atoms with E-state index < -0.39 is 0 Å². The first-order valence-electron chi connectivity index (χ1n) is 7.95. The van der Waals surface area contributed by atoms with Crippen LogP contribution in [0.5, 0.6) is 0 Å². The van der Waals surface area contributed by atoms with Crippen LogP contribution in [0.3, 0.4) is 0 Å². The van der Waals surface area contributed by atoms with Gasteiger partial charge in [0.15, 0.2) is 23.9 Å². The summed E-state index contributed by atoms with van der Waals surface area (Å²) in [5.74, 6) is 0.858. The molecule has 0 aromatic rings. The summed E-state index contributed by atoms with van der Waals surface area (Å²) in [6.07, 6.45) is 2.90. The summed E-state index contributed by atoms with van der Waals surface area (Å²) in [7, 11) is 0. The minimum absolute atomic E-state index is 0.158. The number of carbonyl (C=O) groups is 2. The van der Waals surface area contributed by atoms with Gasteiger partial charge in [0.2, 0.25) is 0 Å². The quantitative estimate of drug-likeness (QED) is 0.535. The first-order chi connectivity index (χ1) is 10.4. The van der Waals surface area contributed by atoms with Crippen molar-refractivity contribution in [2.24, 2.45) is 21.8 Å². The highest BCUT2D eigenvalue weighted by Crippen LogP contribution is 2.20. The van der Waals surface area contributed by atoms with Gasteiger partial charge in [-0.25, -0.2) is 19.6 Å². The molecule has 2 rings (SSSR count). The Morgan fingerprint density at radius 2 is 1.18 bits per heavy atom. The molecule has 6 heteroatoms. The van der Waals surface area contributed by atoms with Crippen LogP contribution >= 0.6 is 0 Å². The smallest absolute Gasteiger partial charge is 0.337 e. The van der Waals surface area contributed by atoms with Crippen molar-refractivity contribution in [2.75, 3.05) is 0 Å². The van der Waals surface area contributed by atoms with Crippen LogP contribution in [0.2, 0.25) is 0 Å². The van der Waals surface area contributed by atoms with Gasteiger partial charge in [-0.2, -0.15) is 0 Å². The number of cyclic esters (lactones) is 2. The van der Waals surface area contributed by atoms with E-state index in [1.54, 1.807) is 0 Å². The van der Waals surface area contributed by atoms with E-state index in [0.29, 0.717) is 24.6 Å². The van der Waals surface area contributed by atoms with Gasteiger partial charge in [0, 0.05) is 12.8 Å². The molecule has 0 aliphatic carbocycles. The topological polar surface area (TPSA) is 77.3 Å². The van der Waals surface area contributed by atoms with Crippen molar-refractivity contribution in [3.8, 4) is 0 Å². The summed E-state index contributed by atoms with van der Waals surface area (Å²) in [5.41, 5.74) is 0. The number of aliphatic imine (C=N–C) groups is 2. The van der Waals surface area contributed by atoms with Crippen molar-refractivity contribution in [2.45, 2.75) is 65.5 Å². The number of ether oxygens (including phenoxy) is 2. The van der Waals surface area contributed by atoms with Crippen LogP contribution in [0.4, 0.5) is 0 Å². The maximum atomic E-state index is 11.6. The van der Waals surface area contributed by atoms with Crippen LogP contribution in [0, 0.1) is 11.8 Å². The normalized spacial score (nSPS) is 24.6. The Balaban J connectivity index is 1.73. The van der Waals surface area contributed by atoms with Crippen LogP contribution in [-0.4, -0.2) is 35.8 Å². The highest BCUT2D eigenvalue weighted by Gasteiger charge is 2.32. The lowest BCUT2D eigenvalue weighted by Crippen LogP contribution is -2.20. The minimum Gasteiger partial charge on any atom is -0.410 e. The standard InChI is InChI=1S/C16H24N2O4/c1-9(2)13-15(19)21-11(17-13)7-5-6-8-12-18-14(10(3)4)16(20)22-12/h9-10,13-14H,5-8H2,1-4H3. The zero-order chi connectivity index (χ0) is 16.3. The van der Waals surface area contributed by atoms with E-state index in [-0.39, 0.29) is 35.9 Å². The molecule has 6 nitrogen and oxygen atoms in total. The molecule has 122 valence electrons. The summed E-state index contributed by atoms with van der Waals surface area (Å²) in [4.78, 5) is 31.8. The highest BCUT2D eigenvalue weighted by molar-refractivity contribution is 5.98. The Morgan fingerprint density at radius 3 is 1.45 bits per heavy atom. The lowest BCUT2D eigenvalue weighted by Gasteiger charge is -2.05. The first-order valence-corrected chi connectivity index (χ1v) is 7.95. The third kappa shape index (κ3) is 3.93. The van der Waals surface area contributed by atoms with Crippen molar-refractivity contribution in [1.82, 2.24) is 0 Å². The van der Waals surface area contributed by atoms with Crippen LogP contribution in [0.15, 0.2) is 9.98 Å². The van der Waals surface area contributed by atoms with E-state index in [1.165, 1.54) is 0 Å². The van der Waals surface area contributed by atoms with E-state index in [9.17, 15) is 9.59 Å². The molecule has 2 atom stereocenters. The molecule has 2 heterocycles. The Hall–Kier alpha value is -1.72. The molecule has 0 bridgehead atoms. The van der Waals surface area contributed by atoms with E-state index >= 15 is 0 Å². The molecular formula is C16H24N2O4. The molecule has 2 unspecified atom stereocenters. The summed E-state index contributed by atoms with van der Waals surface area (Å²) in [6.45, 7) is 7.82. The Bertz CT molecular complexity index is 462. The summed E-state index contributed by atoms with van der Waals surface area (Å²) in [6, 6.07) is -0.719. The zero-order valence-electron chi connectivity index (χ0n) is 13.7. The third-order valence-corrected chi connectivity index (χ3v) is 3.78. The lowest BCUT2D eigenvalue weighted by molar-refractivity contribution is -0.136. The fraction of sp³-hybridized carbons (Fsp3) is 0.750. The van der Waals surface area contributed by atoms with Gasteiger partial charge < -0.3 is 9.47 Å². The molecule has 0 fully saturated rings. The van der Waals surface area contributed by atoms with E-state index in [4.69, 9.17) is 9.47 Å². The molecule has 0 saturated carbocycles. The van der Waals surface area contributed by atoms with E-state index in [1.807, 2.05) is 27.7 Å². The molecule has 0 saturated heterocycles. The molecule has 2 aliphatic rings. The Kier molecular flexibility index (Phi) is 5.32. The van der Waals surface area contributed by atoms with Gasteiger partial charge in [-0.1, -0.05) is 27.7 Å². The van der Waals surface area contributed by atoms with E-state index in [2.05, 4.69) is 9.98 Å². The van der Waals surface area contributed by atoms with Gasteiger partial charge in [-0.05, 0) is 24.7 Å². The fourth-order valence-corrected chi connectivity index (χ4v) is 2.45. The molecule has 22 heavy (non-hydrogen) atoms. The Labute approximate surface area is 131 Å². The largest absolute Gasteiger partial charge is 0.410 e.